The zero-order valence-corrected chi connectivity index (χ0v) is 18.3. The van der Waals surface area contributed by atoms with Crippen LogP contribution < -0.4 is 16.0 Å². The van der Waals surface area contributed by atoms with Gasteiger partial charge in [0.25, 0.3) is 5.56 Å². The molecule has 0 radical (unpaired) electrons. The number of alkyl halides is 3. The molecule has 0 aliphatic rings. The topological polar surface area (TPSA) is 102 Å². The first kappa shape index (κ1) is 23.3. The zero-order valence-electron chi connectivity index (χ0n) is 18.3. The number of benzene rings is 2. The summed E-state index contributed by atoms with van der Waals surface area (Å²) < 4.78 is 49.4. The van der Waals surface area contributed by atoms with Gasteiger partial charge in [-0.1, -0.05) is 30.3 Å². The minimum atomic E-state index is -4.71. The Morgan fingerprint density at radius 3 is 2.50 bits per heavy atom. The average molecular weight is 474 g/mol. The number of nitrogens with zero attached hydrogens (tertiary/aromatic N) is 3. The summed E-state index contributed by atoms with van der Waals surface area (Å²) in [6, 6.07) is 12.3. The van der Waals surface area contributed by atoms with Crippen LogP contribution in [0.5, 0.6) is 5.75 Å². The quantitative estimate of drug-likeness (QED) is 0.447. The molecule has 0 amide bonds. The van der Waals surface area contributed by atoms with Crippen LogP contribution in [0.4, 0.5) is 13.2 Å². The second-order valence-electron chi connectivity index (χ2n) is 7.87. The molecule has 2 N–H and O–H groups in total. The van der Waals surface area contributed by atoms with Gasteiger partial charge in [-0.3, -0.25) is 14.3 Å². The van der Waals surface area contributed by atoms with E-state index in [9.17, 15) is 27.9 Å². The highest BCUT2D eigenvalue weighted by atomic mass is 19.4. The molecule has 8 nitrogen and oxygen atoms in total. The number of rotatable bonds is 6. The maximum Gasteiger partial charge on any atom is 0.419 e. The normalized spacial score (nSPS) is 12.8. The number of aliphatic hydroxyl groups excluding tert-OH is 1. The van der Waals surface area contributed by atoms with Crippen molar-refractivity contribution >= 4 is 11.2 Å². The lowest BCUT2D eigenvalue weighted by Gasteiger charge is -2.15. The average Bonchev–Trinajstić information content (AvgIpc) is 3.12. The van der Waals surface area contributed by atoms with Gasteiger partial charge in [-0.15, -0.1) is 0 Å². The lowest BCUT2D eigenvalue weighted by molar-refractivity contribution is -0.139. The van der Waals surface area contributed by atoms with Crippen LogP contribution in [0.25, 0.3) is 22.6 Å². The Hall–Kier alpha value is -3.86. The number of aromatic amines is 1. The Morgan fingerprint density at radius 2 is 1.85 bits per heavy atom. The summed E-state index contributed by atoms with van der Waals surface area (Å²) in [5.74, 6) is -0.298. The van der Waals surface area contributed by atoms with E-state index < -0.39 is 29.1 Å². The molecule has 1 unspecified atom stereocenters. The minimum absolute atomic E-state index is 0.00628. The second kappa shape index (κ2) is 8.82. The summed E-state index contributed by atoms with van der Waals surface area (Å²) in [7, 11) is 1.46. The molecule has 2 aromatic heterocycles. The van der Waals surface area contributed by atoms with Crippen molar-refractivity contribution in [1.29, 1.82) is 0 Å². The lowest BCUT2D eigenvalue weighted by Crippen LogP contribution is -2.33. The fourth-order valence-electron chi connectivity index (χ4n) is 3.69. The Balaban J connectivity index is 1.82. The van der Waals surface area contributed by atoms with E-state index in [1.54, 1.807) is 30.3 Å². The van der Waals surface area contributed by atoms with Gasteiger partial charge < -0.3 is 14.4 Å². The van der Waals surface area contributed by atoms with Crippen molar-refractivity contribution in [1.82, 2.24) is 19.1 Å². The number of aromatic nitrogens is 4. The Labute approximate surface area is 190 Å². The Kier molecular flexibility index (Phi) is 6.05. The van der Waals surface area contributed by atoms with E-state index in [1.165, 1.54) is 30.7 Å². The number of nitrogens with one attached hydrogen (secondary N) is 1. The van der Waals surface area contributed by atoms with Crippen molar-refractivity contribution in [3.8, 4) is 17.1 Å². The van der Waals surface area contributed by atoms with Gasteiger partial charge in [-0.2, -0.15) is 13.2 Å². The van der Waals surface area contributed by atoms with Crippen LogP contribution in [0.1, 0.15) is 18.1 Å². The van der Waals surface area contributed by atoms with Crippen molar-refractivity contribution in [2.24, 2.45) is 7.05 Å². The highest BCUT2D eigenvalue weighted by Gasteiger charge is 2.35. The third kappa shape index (κ3) is 4.46. The fraction of sp³-hybridized carbons (Fsp3) is 0.261. The van der Waals surface area contributed by atoms with E-state index in [4.69, 9.17) is 4.74 Å². The molecular weight excluding hydrogens is 453 g/mol. The molecule has 0 saturated carbocycles. The summed E-state index contributed by atoms with van der Waals surface area (Å²) >= 11 is 0. The zero-order chi connectivity index (χ0) is 24.6. The number of H-pyrrole nitrogens is 1. The lowest BCUT2D eigenvalue weighted by atomic mass is 10.1. The second-order valence-corrected chi connectivity index (χ2v) is 7.87. The first-order valence-electron chi connectivity index (χ1n) is 10.3. The van der Waals surface area contributed by atoms with Gasteiger partial charge in [-0.25, -0.2) is 9.78 Å². The molecule has 0 fully saturated rings. The van der Waals surface area contributed by atoms with Crippen LogP contribution in [0.3, 0.4) is 0 Å². The molecular formula is C23H21F3N4O4. The third-order valence-corrected chi connectivity index (χ3v) is 5.24. The van der Waals surface area contributed by atoms with Gasteiger partial charge in [0.1, 0.15) is 18.2 Å². The van der Waals surface area contributed by atoms with Crippen molar-refractivity contribution in [3.05, 3.63) is 80.5 Å². The van der Waals surface area contributed by atoms with Crippen molar-refractivity contribution in [3.63, 3.8) is 0 Å². The molecule has 0 aliphatic heterocycles. The summed E-state index contributed by atoms with van der Waals surface area (Å²) in [6.07, 6.45) is -5.63. The van der Waals surface area contributed by atoms with Crippen LogP contribution in [-0.4, -0.2) is 30.3 Å². The molecule has 11 heteroatoms. The third-order valence-electron chi connectivity index (χ3n) is 5.24. The first-order chi connectivity index (χ1) is 16.1. The minimum Gasteiger partial charge on any atom is -0.488 e. The van der Waals surface area contributed by atoms with Crippen LogP contribution >= 0.6 is 0 Å². The molecule has 34 heavy (non-hydrogen) atoms. The molecule has 1 atom stereocenters. The first-order valence-corrected chi connectivity index (χ1v) is 10.3. The van der Waals surface area contributed by atoms with Gasteiger partial charge in [0, 0.05) is 12.6 Å². The molecule has 0 bridgehead atoms. The molecule has 4 aromatic rings. The highest BCUT2D eigenvalue weighted by molar-refractivity contribution is 5.77. The van der Waals surface area contributed by atoms with Crippen molar-refractivity contribution in [2.75, 3.05) is 0 Å². The smallest absolute Gasteiger partial charge is 0.419 e. The molecule has 4 rings (SSSR count). The summed E-state index contributed by atoms with van der Waals surface area (Å²) in [5, 5.41) is 9.72. The number of fused-ring (bicyclic) bond motifs is 1. The van der Waals surface area contributed by atoms with Crippen molar-refractivity contribution in [2.45, 2.75) is 32.4 Å². The summed E-state index contributed by atoms with van der Waals surface area (Å²) in [5.41, 5.74) is -1.76. The molecule has 0 spiro atoms. The molecule has 0 saturated heterocycles. The Bertz CT molecular complexity index is 1450. The Morgan fingerprint density at radius 1 is 1.15 bits per heavy atom. The number of hydrogen-bond acceptors (Lipinski definition) is 5. The van der Waals surface area contributed by atoms with Crippen LogP contribution in [0.15, 0.2) is 58.1 Å². The number of imidazole rings is 1. The van der Waals surface area contributed by atoms with E-state index >= 15 is 0 Å². The maximum absolute atomic E-state index is 13.9. The van der Waals surface area contributed by atoms with Gasteiger partial charge >= 0.3 is 11.9 Å². The van der Waals surface area contributed by atoms with Gasteiger partial charge in [0.05, 0.1) is 18.2 Å². The summed E-state index contributed by atoms with van der Waals surface area (Å²) in [6.45, 7) is 1.26. The number of hydrogen-bond donors (Lipinski definition) is 2. The fourth-order valence-corrected chi connectivity index (χ4v) is 3.69. The predicted octanol–water partition coefficient (Wildman–Crippen LogP) is 3.07. The van der Waals surface area contributed by atoms with Crippen LogP contribution in [0.2, 0.25) is 0 Å². The summed E-state index contributed by atoms with van der Waals surface area (Å²) in [4.78, 5) is 31.1. The van der Waals surface area contributed by atoms with E-state index in [-0.39, 0.29) is 41.5 Å². The number of aliphatic hydroxyl groups is 1. The van der Waals surface area contributed by atoms with E-state index in [0.717, 1.165) is 10.6 Å². The van der Waals surface area contributed by atoms with Gasteiger partial charge in [0.15, 0.2) is 11.2 Å². The van der Waals surface area contributed by atoms with E-state index in [1.807, 2.05) is 0 Å². The largest absolute Gasteiger partial charge is 0.488 e. The SMILES string of the molecule is CC(O)Cn1c(=O)[nH]c(=O)c2c1nc(-c1ccc(OCc3ccccc3)c(C(F)(F)F)c1)n2C. The van der Waals surface area contributed by atoms with Crippen LogP contribution in [-0.2, 0) is 26.4 Å². The van der Waals surface area contributed by atoms with E-state index in [0.29, 0.717) is 5.56 Å². The predicted molar refractivity (Wildman–Crippen MR) is 118 cm³/mol. The molecule has 2 heterocycles. The number of ether oxygens (including phenoxy) is 1. The number of halogens is 3. The van der Waals surface area contributed by atoms with Crippen LogP contribution in [0, 0.1) is 0 Å². The van der Waals surface area contributed by atoms with Gasteiger partial charge in [0.2, 0.25) is 0 Å². The number of aryl methyl sites for hydroxylation is 1. The molecule has 2 aromatic carbocycles. The maximum atomic E-state index is 13.9. The monoisotopic (exact) mass is 474 g/mol. The molecule has 0 aliphatic carbocycles. The highest BCUT2D eigenvalue weighted by Crippen LogP contribution is 2.39. The standard InChI is InChI=1S/C23H21F3N4O4/c1-13(31)11-30-20-18(21(32)28-22(30)33)29(2)19(27-20)15-8-9-17(16(10-15)23(24,25)26)34-12-14-6-4-3-5-7-14/h3-10,13,31H,11-12H2,1-2H3,(H,28,32,33). The molecule has 178 valence electrons. The van der Waals surface area contributed by atoms with Crippen molar-refractivity contribution < 1.29 is 23.0 Å². The van der Waals surface area contributed by atoms with E-state index in [2.05, 4.69) is 9.97 Å². The van der Waals surface area contributed by atoms with Gasteiger partial charge in [-0.05, 0) is 30.7 Å².